The Kier molecular flexibility index (Phi) is 5.33. The van der Waals surface area contributed by atoms with Crippen LogP contribution >= 0.6 is 0 Å². The molecule has 1 saturated heterocycles. The van der Waals surface area contributed by atoms with Gasteiger partial charge in [-0.1, -0.05) is 0 Å². The van der Waals surface area contributed by atoms with Crippen LogP contribution in [0.4, 0.5) is 5.82 Å². The van der Waals surface area contributed by atoms with Crippen molar-refractivity contribution in [3.8, 4) is 11.3 Å². The minimum Gasteiger partial charge on any atom is -0.349 e. The van der Waals surface area contributed by atoms with Gasteiger partial charge >= 0.3 is 0 Å². The molecule has 31 heavy (non-hydrogen) atoms. The van der Waals surface area contributed by atoms with E-state index in [4.69, 9.17) is 0 Å². The third-order valence-electron chi connectivity index (χ3n) is 5.91. The summed E-state index contributed by atoms with van der Waals surface area (Å²) in [5.74, 6) is 0.552. The Balaban J connectivity index is 1.21. The third-order valence-corrected chi connectivity index (χ3v) is 5.91. The highest BCUT2D eigenvalue weighted by atomic mass is 16.1. The van der Waals surface area contributed by atoms with Crippen LogP contribution in [0.15, 0.2) is 58.6 Å². The quantitative estimate of drug-likeness (QED) is 0.589. The molecule has 0 spiro atoms. The summed E-state index contributed by atoms with van der Waals surface area (Å²) in [4.78, 5) is 37.8. The van der Waals surface area contributed by atoms with E-state index in [1.807, 2.05) is 16.7 Å². The van der Waals surface area contributed by atoms with Gasteiger partial charge in [0, 0.05) is 75.2 Å². The Morgan fingerprint density at radius 3 is 2.55 bits per heavy atom. The maximum atomic E-state index is 12.7. The van der Waals surface area contributed by atoms with E-state index < -0.39 is 0 Å². The highest BCUT2D eigenvalue weighted by molar-refractivity contribution is 5.56. The van der Waals surface area contributed by atoms with E-state index in [-0.39, 0.29) is 11.1 Å². The average Bonchev–Trinajstić information content (AvgIpc) is 3.65. The first-order valence-electron chi connectivity index (χ1n) is 10.7. The van der Waals surface area contributed by atoms with E-state index in [1.165, 1.54) is 4.68 Å². The average molecular weight is 419 g/mol. The summed E-state index contributed by atoms with van der Waals surface area (Å²) in [5.41, 5.74) is 1.53. The molecule has 160 valence electrons. The van der Waals surface area contributed by atoms with Gasteiger partial charge in [0.25, 0.3) is 11.1 Å². The molecule has 1 aliphatic heterocycles. The van der Waals surface area contributed by atoms with Gasteiger partial charge < -0.3 is 9.47 Å². The Morgan fingerprint density at radius 1 is 0.968 bits per heavy atom. The number of nitrogens with zero attached hydrogens (tertiary/aromatic N) is 7. The maximum Gasteiger partial charge on any atom is 0.293 e. The van der Waals surface area contributed by atoms with Gasteiger partial charge in [0.15, 0.2) is 5.82 Å². The standard InChI is InChI=1S/C22H25N7O2/c30-20-6-5-19(17-2-1-7-23-16-17)25-29(20)15-12-26-10-13-27(14-11-26)21-22(31)28(9-8-24-21)18-3-4-18/h1-2,5-9,16,18H,3-4,10-15H2. The Morgan fingerprint density at radius 2 is 1.81 bits per heavy atom. The van der Waals surface area contributed by atoms with E-state index in [9.17, 15) is 9.59 Å². The summed E-state index contributed by atoms with van der Waals surface area (Å²) in [6.45, 7) is 4.37. The van der Waals surface area contributed by atoms with Crippen molar-refractivity contribution in [2.45, 2.75) is 25.4 Å². The van der Waals surface area contributed by atoms with Crippen molar-refractivity contribution >= 4 is 5.82 Å². The number of rotatable bonds is 6. The monoisotopic (exact) mass is 419 g/mol. The third kappa shape index (κ3) is 4.27. The lowest BCUT2D eigenvalue weighted by Gasteiger charge is -2.35. The van der Waals surface area contributed by atoms with E-state index in [0.717, 1.165) is 56.8 Å². The Labute approximate surface area is 179 Å². The summed E-state index contributed by atoms with van der Waals surface area (Å²) < 4.78 is 3.34. The molecular weight excluding hydrogens is 394 g/mol. The minimum absolute atomic E-state index is 0.0152. The van der Waals surface area contributed by atoms with Crippen LogP contribution in [0.2, 0.25) is 0 Å². The van der Waals surface area contributed by atoms with Crippen molar-refractivity contribution in [2.75, 3.05) is 37.6 Å². The van der Waals surface area contributed by atoms with Gasteiger partial charge in [0.2, 0.25) is 0 Å². The highest BCUT2D eigenvalue weighted by Crippen LogP contribution is 2.33. The van der Waals surface area contributed by atoms with E-state index in [0.29, 0.717) is 18.4 Å². The molecule has 0 unspecified atom stereocenters. The molecule has 0 amide bonds. The molecule has 1 saturated carbocycles. The van der Waals surface area contributed by atoms with Crippen molar-refractivity contribution in [2.24, 2.45) is 0 Å². The first kappa shape index (κ1) is 19.6. The predicted molar refractivity (Wildman–Crippen MR) is 117 cm³/mol. The molecule has 9 nitrogen and oxygen atoms in total. The molecule has 0 bridgehead atoms. The topological polar surface area (TPSA) is 89.2 Å². The summed E-state index contributed by atoms with van der Waals surface area (Å²) in [7, 11) is 0. The first-order valence-corrected chi connectivity index (χ1v) is 10.7. The molecule has 3 aromatic rings. The fourth-order valence-electron chi connectivity index (χ4n) is 3.97. The van der Waals surface area contributed by atoms with Gasteiger partial charge in [-0.15, -0.1) is 0 Å². The van der Waals surface area contributed by atoms with Gasteiger partial charge in [-0.3, -0.25) is 19.5 Å². The molecule has 1 aliphatic carbocycles. The molecule has 0 atom stereocenters. The molecule has 3 aromatic heterocycles. The molecule has 2 aliphatic rings. The Hall–Kier alpha value is -3.33. The largest absolute Gasteiger partial charge is 0.349 e. The minimum atomic E-state index is -0.111. The van der Waals surface area contributed by atoms with Gasteiger partial charge in [-0.25, -0.2) is 9.67 Å². The molecular formula is C22H25N7O2. The number of pyridine rings is 1. The summed E-state index contributed by atoms with van der Waals surface area (Å²) in [6.07, 6.45) is 9.13. The van der Waals surface area contributed by atoms with E-state index in [2.05, 4.69) is 24.9 Å². The molecule has 0 N–H and O–H groups in total. The van der Waals surface area contributed by atoms with E-state index >= 15 is 0 Å². The van der Waals surface area contributed by atoms with Crippen LogP contribution in [0.5, 0.6) is 0 Å². The molecule has 9 heteroatoms. The normalized spacial score (nSPS) is 17.1. The second-order valence-electron chi connectivity index (χ2n) is 8.04. The number of anilines is 1. The summed E-state index contributed by atoms with van der Waals surface area (Å²) >= 11 is 0. The SMILES string of the molecule is O=c1c(N2CCN(CCn3nc(-c4cccnc4)ccc3=O)CC2)nccn1C1CC1. The number of hydrogen-bond donors (Lipinski definition) is 0. The zero-order chi connectivity index (χ0) is 21.2. The molecule has 0 radical (unpaired) electrons. The smallest absolute Gasteiger partial charge is 0.293 e. The van der Waals surface area contributed by atoms with Crippen LogP contribution < -0.4 is 16.0 Å². The van der Waals surface area contributed by atoms with Crippen LogP contribution in [-0.4, -0.2) is 61.9 Å². The first-order chi connectivity index (χ1) is 15.2. The van der Waals surface area contributed by atoms with Gasteiger partial charge in [0.05, 0.1) is 12.2 Å². The lowest BCUT2D eigenvalue weighted by atomic mass is 10.2. The summed E-state index contributed by atoms with van der Waals surface area (Å²) in [5, 5.41) is 4.51. The van der Waals surface area contributed by atoms with Gasteiger partial charge in [-0.2, -0.15) is 5.10 Å². The van der Waals surface area contributed by atoms with Crippen molar-refractivity contribution in [1.29, 1.82) is 0 Å². The maximum absolute atomic E-state index is 12.7. The van der Waals surface area contributed by atoms with Crippen LogP contribution in [0, 0.1) is 0 Å². The second-order valence-corrected chi connectivity index (χ2v) is 8.04. The fraction of sp³-hybridized carbons (Fsp3) is 0.409. The summed E-state index contributed by atoms with van der Waals surface area (Å²) in [6, 6.07) is 7.42. The van der Waals surface area contributed by atoms with Crippen molar-refractivity contribution in [3.05, 3.63) is 69.8 Å². The van der Waals surface area contributed by atoms with Crippen molar-refractivity contribution in [3.63, 3.8) is 0 Å². The van der Waals surface area contributed by atoms with Crippen LogP contribution in [0.1, 0.15) is 18.9 Å². The van der Waals surface area contributed by atoms with Crippen LogP contribution in [0.25, 0.3) is 11.3 Å². The molecule has 2 fully saturated rings. The number of hydrogen-bond acceptors (Lipinski definition) is 7. The lowest BCUT2D eigenvalue weighted by molar-refractivity contribution is 0.242. The van der Waals surface area contributed by atoms with Crippen molar-refractivity contribution < 1.29 is 0 Å². The van der Waals surface area contributed by atoms with Crippen molar-refractivity contribution in [1.82, 2.24) is 29.2 Å². The van der Waals surface area contributed by atoms with Crippen LogP contribution in [-0.2, 0) is 6.54 Å². The fourth-order valence-corrected chi connectivity index (χ4v) is 3.97. The predicted octanol–water partition coefficient (Wildman–Crippen LogP) is 1.02. The number of aromatic nitrogens is 5. The van der Waals surface area contributed by atoms with Gasteiger partial charge in [-0.05, 0) is 31.0 Å². The van der Waals surface area contributed by atoms with Gasteiger partial charge in [0.1, 0.15) is 0 Å². The highest BCUT2D eigenvalue weighted by Gasteiger charge is 2.27. The molecule has 4 heterocycles. The van der Waals surface area contributed by atoms with E-state index in [1.54, 1.807) is 36.9 Å². The molecule has 0 aromatic carbocycles. The van der Waals surface area contributed by atoms with Crippen LogP contribution in [0.3, 0.4) is 0 Å². The zero-order valence-electron chi connectivity index (χ0n) is 17.3. The lowest BCUT2D eigenvalue weighted by Crippen LogP contribution is -2.49. The second kappa shape index (κ2) is 8.43. The molecule has 5 rings (SSSR count). The number of piperazine rings is 1. The Bertz CT molecular complexity index is 1160. The zero-order valence-corrected chi connectivity index (χ0v) is 17.3.